The van der Waals surface area contributed by atoms with Gasteiger partial charge in [0.15, 0.2) is 0 Å². The normalized spacial score (nSPS) is 25.5. The SMILES string of the molecule is CC(C(=O)NC1CCCC1Br)c1ccccc1. The fourth-order valence-electron chi connectivity index (χ4n) is 2.28. The minimum absolute atomic E-state index is 0.0727. The molecule has 1 saturated carbocycles. The van der Waals surface area contributed by atoms with E-state index >= 15 is 0 Å². The number of hydrogen-bond acceptors (Lipinski definition) is 1. The van der Waals surface area contributed by atoms with Gasteiger partial charge in [-0.15, -0.1) is 0 Å². The molecule has 92 valence electrons. The molecule has 3 atom stereocenters. The number of carbonyl (C=O) groups excluding carboxylic acids is 1. The van der Waals surface area contributed by atoms with Crippen LogP contribution in [0.3, 0.4) is 0 Å². The van der Waals surface area contributed by atoms with Crippen molar-refractivity contribution in [2.24, 2.45) is 0 Å². The molecule has 1 aromatic rings. The summed E-state index contributed by atoms with van der Waals surface area (Å²) in [6, 6.07) is 10.2. The lowest BCUT2D eigenvalue weighted by Gasteiger charge is -2.19. The van der Waals surface area contributed by atoms with Gasteiger partial charge in [0.05, 0.1) is 5.92 Å². The molecule has 3 unspecified atom stereocenters. The highest BCUT2D eigenvalue weighted by atomic mass is 79.9. The van der Waals surface area contributed by atoms with Crippen LogP contribution in [0.4, 0.5) is 0 Å². The number of alkyl halides is 1. The van der Waals surface area contributed by atoms with E-state index < -0.39 is 0 Å². The molecule has 1 N–H and O–H groups in total. The lowest BCUT2D eigenvalue weighted by Crippen LogP contribution is -2.39. The molecule has 0 aromatic heterocycles. The second-order valence-corrected chi connectivity index (χ2v) is 5.87. The molecule has 1 aromatic carbocycles. The summed E-state index contributed by atoms with van der Waals surface area (Å²) in [5.41, 5.74) is 1.08. The van der Waals surface area contributed by atoms with E-state index in [4.69, 9.17) is 0 Å². The molecule has 1 aliphatic rings. The number of amides is 1. The van der Waals surface area contributed by atoms with Crippen molar-refractivity contribution in [2.75, 3.05) is 0 Å². The third kappa shape index (κ3) is 3.09. The van der Waals surface area contributed by atoms with Crippen molar-refractivity contribution in [1.82, 2.24) is 5.32 Å². The smallest absolute Gasteiger partial charge is 0.227 e. The van der Waals surface area contributed by atoms with E-state index in [0.717, 1.165) is 18.4 Å². The summed E-state index contributed by atoms with van der Waals surface area (Å²) in [5.74, 6) is 0.0593. The van der Waals surface area contributed by atoms with Crippen LogP contribution in [0.2, 0.25) is 0 Å². The average Bonchev–Trinajstić information content (AvgIpc) is 2.75. The van der Waals surface area contributed by atoms with Gasteiger partial charge in [0.2, 0.25) is 5.91 Å². The van der Waals surface area contributed by atoms with E-state index in [9.17, 15) is 4.79 Å². The van der Waals surface area contributed by atoms with Crippen LogP contribution in [0.5, 0.6) is 0 Å². The van der Waals surface area contributed by atoms with Crippen molar-refractivity contribution >= 4 is 21.8 Å². The molecule has 0 saturated heterocycles. The Balaban J connectivity index is 1.96. The van der Waals surface area contributed by atoms with Gasteiger partial charge in [0, 0.05) is 10.9 Å². The molecular weight excluding hydrogens is 278 g/mol. The van der Waals surface area contributed by atoms with Gasteiger partial charge in [-0.1, -0.05) is 52.7 Å². The molecule has 1 fully saturated rings. The highest BCUT2D eigenvalue weighted by molar-refractivity contribution is 9.09. The molecule has 1 amide bonds. The summed E-state index contributed by atoms with van der Waals surface area (Å²) in [4.78, 5) is 12.6. The van der Waals surface area contributed by atoms with Crippen LogP contribution in [0.1, 0.15) is 37.7 Å². The first-order valence-corrected chi connectivity index (χ1v) is 7.09. The lowest BCUT2D eigenvalue weighted by molar-refractivity contribution is -0.122. The van der Waals surface area contributed by atoms with E-state index in [0.29, 0.717) is 10.9 Å². The first-order valence-electron chi connectivity index (χ1n) is 6.18. The van der Waals surface area contributed by atoms with E-state index in [1.165, 1.54) is 6.42 Å². The number of benzene rings is 1. The Kier molecular flexibility index (Phi) is 4.21. The maximum absolute atomic E-state index is 12.1. The van der Waals surface area contributed by atoms with E-state index in [-0.39, 0.29) is 11.8 Å². The van der Waals surface area contributed by atoms with Crippen LogP contribution >= 0.6 is 15.9 Å². The zero-order chi connectivity index (χ0) is 12.3. The first-order chi connectivity index (χ1) is 8.18. The number of nitrogens with one attached hydrogen (secondary N) is 1. The Morgan fingerprint density at radius 2 is 2.06 bits per heavy atom. The molecule has 0 radical (unpaired) electrons. The van der Waals surface area contributed by atoms with Gasteiger partial charge in [0.25, 0.3) is 0 Å². The summed E-state index contributed by atoms with van der Waals surface area (Å²) in [5, 5.41) is 3.14. The van der Waals surface area contributed by atoms with E-state index in [2.05, 4.69) is 21.2 Å². The van der Waals surface area contributed by atoms with Crippen molar-refractivity contribution in [2.45, 2.75) is 43.0 Å². The van der Waals surface area contributed by atoms with Gasteiger partial charge in [-0.3, -0.25) is 4.79 Å². The minimum Gasteiger partial charge on any atom is -0.352 e. The monoisotopic (exact) mass is 295 g/mol. The first kappa shape index (κ1) is 12.6. The van der Waals surface area contributed by atoms with Crippen LogP contribution in [0, 0.1) is 0 Å². The fourth-order valence-corrected chi connectivity index (χ4v) is 3.00. The number of carbonyl (C=O) groups is 1. The van der Waals surface area contributed by atoms with Crippen LogP contribution in [0.25, 0.3) is 0 Å². The average molecular weight is 296 g/mol. The summed E-state index contributed by atoms with van der Waals surface area (Å²) < 4.78 is 0. The van der Waals surface area contributed by atoms with Gasteiger partial charge >= 0.3 is 0 Å². The number of rotatable bonds is 3. The largest absolute Gasteiger partial charge is 0.352 e. The zero-order valence-corrected chi connectivity index (χ0v) is 11.6. The van der Waals surface area contributed by atoms with Gasteiger partial charge in [-0.05, 0) is 25.3 Å². The van der Waals surface area contributed by atoms with Crippen molar-refractivity contribution in [3.8, 4) is 0 Å². The van der Waals surface area contributed by atoms with Gasteiger partial charge < -0.3 is 5.32 Å². The Morgan fingerprint density at radius 3 is 2.65 bits per heavy atom. The second kappa shape index (κ2) is 5.67. The molecule has 0 heterocycles. The lowest BCUT2D eigenvalue weighted by atomic mass is 10.00. The Labute approximate surface area is 111 Å². The standard InChI is InChI=1S/C14H18BrNO/c1-10(11-6-3-2-4-7-11)14(17)16-13-9-5-8-12(13)15/h2-4,6-7,10,12-13H,5,8-9H2,1H3,(H,16,17). The van der Waals surface area contributed by atoms with E-state index in [1.807, 2.05) is 37.3 Å². The molecular formula is C14H18BrNO. The highest BCUT2D eigenvalue weighted by Crippen LogP contribution is 2.26. The Hall–Kier alpha value is -0.830. The molecule has 2 nitrogen and oxygen atoms in total. The molecule has 3 heteroatoms. The summed E-state index contributed by atoms with van der Waals surface area (Å²) in [6.45, 7) is 1.96. The Bertz CT molecular complexity index is 379. The van der Waals surface area contributed by atoms with Crippen LogP contribution < -0.4 is 5.32 Å². The third-order valence-electron chi connectivity index (χ3n) is 3.45. The molecule has 2 rings (SSSR count). The van der Waals surface area contributed by atoms with Crippen LogP contribution in [-0.4, -0.2) is 16.8 Å². The number of halogens is 1. The van der Waals surface area contributed by atoms with Crippen molar-refractivity contribution in [3.05, 3.63) is 35.9 Å². The predicted octanol–water partition coefficient (Wildman–Crippen LogP) is 3.22. The second-order valence-electron chi connectivity index (χ2n) is 4.69. The van der Waals surface area contributed by atoms with Crippen LogP contribution in [-0.2, 0) is 4.79 Å². The molecule has 17 heavy (non-hydrogen) atoms. The third-order valence-corrected chi connectivity index (χ3v) is 4.55. The highest BCUT2D eigenvalue weighted by Gasteiger charge is 2.27. The maximum Gasteiger partial charge on any atom is 0.227 e. The molecule has 0 spiro atoms. The van der Waals surface area contributed by atoms with Crippen molar-refractivity contribution < 1.29 is 4.79 Å². The molecule has 1 aliphatic carbocycles. The van der Waals surface area contributed by atoms with E-state index in [1.54, 1.807) is 0 Å². The summed E-state index contributed by atoms with van der Waals surface area (Å²) in [7, 11) is 0. The quantitative estimate of drug-likeness (QED) is 0.853. The Morgan fingerprint density at radius 1 is 1.35 bits per heavy atom. The predicted molar refractivity (Wildman–Crippen MR) is 73.4 cm³/mol. The zero-order valence-electron chi connectivity index (χ0n) is 10.0. The molecule has 0 aliphatic heterocycles. The maximum atomic E-state index is 12.1. The van der Waals surface area contributed by atoms with Gasteiger partial charge in [-0.25, -0.2) is 0 Å². The van der Waals surface area contributed by atoms with Gasteiger partial charge in [0.1, 0.15) is 0 Å². The van der Waals surface area contributed by atoms with Crippen LogP contribution in [0.15, 0.2) is 30.3 Å². The van der Waals surface area contributed by atoms with Gasteiger partial charge in [-0.2, -0.15) is 0 Å². The topological polar surface area (TPSA) is 29.1 Å². The minimum atomic E-state index is -0.0727. The number of hydrogen-bond donors (Lipinski definition) is 1. The fraction of sp³-hybridized carbons (Fsp3) is 0.500. The summed E-state index contributed by atoms with van der Waals surface area (Å²) >= 11 is 3.62. The van der Waals surface area contributed by atoms with Crippen molar-refractivity contribution in [3.63, 3.8) is 0 Å². The van der Waals surface area contributed by atoms with Crippen molar-refractivity contribution in [1.29, 1.82) is 0 Å². The summed E-state index contributed by atoms with van der Waals surface area (Å²) in [6.07, 6.45) is 3.44. The molecule has 0 bridgehead atoms.